The van der Waals surface area contributed by atoms with Crippen molar-refractivity contribution in [1.82, 2.24) is 0 Å². The number of Topliss-reactive ketones (excluding diaryl/α,β-unsaturated/α-hetero) is 1. The molecule has 1 aliphatic carbocycles. The van der Waals surface area contributed by atoms with Crippen molar-refractivity contribution >= 4 is 5.78 Å². The number of carbonyl (C=O) groups excluding carboxylic acids is 1. The van der Waals surface area contributed by atoms with Gasteiger partial charge in [-0.05, 0) is 47.7 Å². The number of fused-ring (bicyclic) bond motifs is 1. The monoisotopic (exact) mass is 254 g/mol. The average molecular weight is 254 g/mol. The molecule has 2 heteroatoms. The summed E-state index contributed by atoms with van der Waals surface area (Å²) in [4.78, 5) is 12.4. The lowest BCUT2D eigenvalue weighted by Gasteiger charge is -2.09. The Morgan fingerprint density at radius 1 is 1.21 bits per heavy atom. The molecule has 19 heavy (non-hydrogen) atoms. The van der Waals surface area contributed by atoms with E-state index in [9.17, 15) is 9.18 Å². The van der Waals surface area contributed by atoms with Crippen LogP contribution < -0.4 is 0 Å². The number of halogens is 1. The summed E-state index contributed by atoms with van der Waals surface area (Å²) in [6.07, 6.45) is 1.56. The van der Waals surface area contributed by atoms with Crippen molar-refractivity contribution in [3.8, 4) is 0 Å². The summed E-state index contributed by atoms with van der Waals surface area (Å²) in [5.74, 6) is -0.305. The molecule has 0 bridgehead atoms. The third kappa shape index (κ3) is 2.07. The minimum atomic E-state index is -0.269. The fraction of sp³-hybridized carbons (Fsp3) is 0.235. The van der Waals surface area contributed by atoms with E-state index in [0.29, 0.717) is 12.0 Å². The Hall–Kier alpha value is -1.96. The van der Waals surface area contributed by atoms with Crippen molar-refractivity contribution in [2.75, 3.05) is 0 Å². The van der Waals surface area contributed by atoms with Gasteiger partial charge in [-0.15, -0.1) is 0 Å². The molecule has 0 radical (unpaired) electrons. The molecule has 0 aromatic heterocycles. The molecule has 0 aliphatic heterocycles. The van der Waals surface area contributed by atoms with E-state index in [0.717, 1.165) is 17.5 Å². The van der Waals surface area contributed by atoms with E-state index in [2.05, 4.69) is 19.1 Å². The number of carbonyl (C=O) groups is 1. The van der Waals surface area contributed by atoms with Crippen molar-refractivity contribution in [2.24, 2.45) is 0 Å². The van der Waals surface area contributed by atoms with Crippen molar-refractivity contribution in [3.63, 3.8) is 0 Å². The summed E-state index contributed by atoms with van der Waals surface area (Å²) in [6, 6.07) is 12.6. The number of aryl methyl sites for hydroxylation is 1. The van der Waals surface area contributed by atoms with Crippen LogP contribution in [0.15, 0.2) is 42.5 Å². The van der Waals surface area contributed by atoms with E-state index < -0.39 is 0 Å². The van der Waals surface area contributed by atoms with Gasteiger partial charge in [0, 0.05) is 5.56 Å². The summed E-state index contributed by atoms with van der Waals surface area (Å²) >= 11 is 0. The summed E-state index contributed by atoms with van der Waals surface area (Å²) in [5, 5.41) is 0. The highest BCUT2D eigenvalue weighted by atomic mass is 19.1. The van der Waals surface area contributed by atoms with Gasteiger partial charge in [0.05, 0.1) is 5.92 Å². The summed E-state index contributed by atoms with van der Waals surface area (Å²) in [6.45, 7) is 2.10. The highest BCUT2D eigenvalue weighted by Crippen LogP contribution is 2.34. The Balaban J connectivity index is 1.99. The Bertz CT molecular complexity index is 645. The number of benzene rings is 2. The van der Waals surface area contributed by atoms with Crippen LogP contribution in [0.1, 0.15) is 39.9 Å². The largest absolute Gasteiger partial charge is 0.293 e. The van der Waals surface area contributed by atoms with Crippen LogP contribution in [-0.2, 0) is 12.8 Å². The van der Waals surface area contributed by atoms with E-state index in [1.54, 1.807) is 6.07 Å². The minimum absolute atomic E-state index is 0.114. The topological polar surface area (TPSA) is 17.1 Å². The van der Waals surface area contributed by atoms with Crippen molar-refractivity contribution in [3.05, 3.63) is 70.5 Å². The van der Waals surface area contributed by atoms with Crippen molar-refractivity contribution in [2.45, 2.75) is 25.7 Å². The third-order valence-corrected chi connectivity index (χ3v) is 3.83. The first-order valence-electron chi connectivity index (χ1n) is 6.60. The molecule has 0 heterocycles. The predicted molar refractivity (Wildman–Crippen MR) is 73.0 cm³/mol. The maximum absolute atomic E-state index is 13.2. The Labute approximate surface area is 112 Å². The molecule has 3 rings (SSSR count). The van der Waals surface area contributed by atoms with Gasteiger partial charge in [-0.1, -0.05) is 31.2 Å². The van der Waals surface area contributed by atoms with Gasteiger partial charge < -0.3 is 0 Å². The maximum atomic E-state index is 13.2. The second-order valence-electron chi connectivity index (χ2n) is 5.02. The summed E-state index contributed by atoms with van der Waals surface area (Å²) in [5.41, 5.74) is 3.78. The van der Waals surface area contributed by atoms with Crippen LogP contribution in [-0.4, -0.2) is 5.78 Å². The zero-order valence-electron chi connectivity index (χ0n) is 10.8. The highest BCUT2D eigenvalue weighted by molar-refractivity contribution is 6.05. The molecule has 1 unspecified atom stereocenters. The Kier molecular flexibility index (Phi) is 2.94. The fourth-order valence-corrected chi connectivity index (χ4v) is 2.77. The quantitative estimate of drug-likeness (QED) is 0.794. The van der Waals surface area contributed by atoms with Crippen LogP contribution >= 0.6 is 0 Å². The molecule has 0 saturated heterocycles. The average Bonchev–Trinajstić information content (AvgIpc) is 2.75. The molecule has 0 spiro atoms. The molecule has 2 aromatic rings. The second-order valence-corrected chi connectivity index (χ2v) is 5.02. The standard InChI is InChI=1S/C17H15FO/c1-2-11-4-3-5-12(8-11)16-10-13-9-14(18)6-7-15(13)17(16)19/h3-9,16H,2,10H2,1H3. The van der Waals surface area contributed by atoms with Crippen molar-refractivity contribution < 1.29 is 9.18 Å². The van der Waals surface area contributed by atoms with Gasteiger partial charge in [0.2, 0.25) is 0 Å². The first kappa shape index (κ1) is 12.1. The molecule has 96 valence electrons. The van der Waals surface area contributed by atoms with E-state index >= 15 is 0 Å². The molecule has 0 fully saturated rings. The minimum Gasteiger partial charge on any atom is -0.293 e. The van der Waals surface area contributed by atoms with E-state index in [1.807, 2.05) is 12.1 Å². The summed E-state index contributed by atoms with van der Waals surface area (Å²) < 4.78 is 13.2. The smallest absolute Gasteiger partial charge is 0.170 e. The van der Waals surface area contributed by atoms with Gasteiger partial charge in [0.25, 0.3) is 0 Å². The van der Waals surface area contributed by atoms with Gasteiger partial charge in [0.15, 0.2) is 5.78 Å². The molecule has 0 saturated carbocycles. The van der Waals surface area contributed by atoms with Crippen LogP contribution in [0.4, 0.5) is 4.39 Å². The SMILES string of the molecule is CCc1cccc(C2Cc3cc(F)ccc3C2=O)c1. The number of hydrogen-bond acceptors (Lipinski definition) is 1. The van der Waals surface area contributed by atoms with Gasteiger partial charge in [0.1, 0.15) is 5.82 Å². The number of rotatable bonds is 2. The Morgan fingerprint density at radius 2 is 2.05 bits per heavy atom. The van der Waals surface area contributed by atoms with Gasteiger partial charge >= 0.3 is 0 Å². The molecular formula is C17H15FO. The van der Waals surface area contributed by atoms with Crippen LogP contribution in [0.3, 0.4) is 0 Å². The van der Waals surface area contributed by atoms with Gasteiger partial charge in [-0.2, -0.15) is 0 Å². The zero-order chi connectivity index (χ0) is 13.4. The zero-order valence-corrected chi connectivity index (χ0v) is 10.8. The predicted octanol–water partition coefficient (Wildman–Crippen LogP) is 3.91. The van der Waals surface area contributed by atoms with E-state index in [-0.39, 0.29) is 17.5 Å². The van der Waals surface area contributed by atoms with Crippen LogP contribution in [0.5, 0.6) is 0 Å². The Morgan fingerprint density at radius 3 is 2.84 bits per heavy atom. The fourth-order valence-electron chi connectivity index (χ4n) is 2.77. The van der Waals surface area contributed by atoms with Crippen LogP contribution in [0, 0.1) is 5.82 Å². The maximum Gasteiger partial charge on any atom is 0.170 e. The van der Waals surface area contributed by atoms with Gasteiger partial charge in [-0.3, -0.25) is 4.79 Å². The molecule has 0 amide bonds. The first-order chi connectivity index (χ1) is 9.19. The molecule has 1 atom stereocenters. The molecule has 2 aromatic carbocycles. The molecule has 1 aliphatic rings. The van der Waals surface area contributed by atoms with E-state index in [4.69, 9.17) is 0 Å². The number of ketones is 1. The van der Waals surface area contributed by atoms with Gasteiger partial charge in [-0.25, -0.2) is 4.39 Å². The summed E-state index contributed by atoms with van der Waals surface area (Å²) in [7, 11) is 0. The number of hydrogen-bond donors (Lipinski definition) is 0. The van der Waals surface area contributed by atoms with Crippen LogP contribution in [0.2, 0.25) is 0 Å². The third-order valence-electron chi connectivity index (χ3n) is 3.83. The van der Waals surface area contributed by atoms with E-state index in [1.165, 1.54) is 17.7 Å². The lowest BCUT2D eigenvalue weighted by Crippen LogP contribution is -2.07. The lowest BCUT2D eigenvalue weighted by molar-refractivity contribution is 0.0973. The molecule has 1 nitrogen and oxygen atoms in total. The first-order valence-corrected chi connectivity index (χ1v) is 6.60. The highest BCUT2D eigenvalue weighted by Gasteiger charge is 2.31. The lowest BCUT2D eigenvalue weighted by atomic mass is 9.93. The van der Waals surface area contributed by atoms with Crippen LogP contribution in [0.25, 0.3) is 0 Å². The second kappa shape index (κ2) is 4.61. The van der Waals surface area contributed by atoms with Crippen molar-refractivity contribution in [1.29, 1.82) is 0 Å². The molecule has 0 N–H and O–H groups in total. The normalized spacial score (nSPS) is 17.6. The molecular weight excluding hydrogens is 239 g/mol.